The third-order valence-corrected chi connectivity index (χ3v) is 2.70. The Morgan fingerprint density at radius 2 is 1.95 bits per heavy atom. The zero-order chi connectivity index (χ0) is 14.0. The Morgan fingerprint density at radius 3 is 2.42 bits per heavy atom. The van der Waals surface area contributed by atoms with Crippen LogP contribution in [0.1, 0.15) is 11.7 Å². The Kier molecular flexibility index (Phi) is 3.27. The van der Waals surface area contributed by atoms with Gasteiger partial charge in [0.1, 0.15) is 17.6 Å². The zero-order valence-electron chi connectivity index (χ0n) is 9.49. The van der Waals surface area contributed by atoms with Crippen molar-refractivity contribution in [2.45, 2.75) is 5.92 Å². The molecule has 0 aliphatic carbocycles. The summed E-state index contributed by atoms with van der Waals surface area (Å²) in [5.41, 5.74) is 0. The Hall–Kier alpha value is -2.71. The summed E-state index contributed by atoms with van der Waals surface area (Å²) in [7, 11) is 0. The minimum Gasteiger partial charge on any atom is -0.469 e. The van der Waals surface area contributed by atoms with E-state index in [2.05, 4.69) is 0 Å². The third-order valence-electron chi connectivity index (χ3n) is 2.70. The highest BCUT2D eigenvalue weighted by Gasteiger charge is 2.44. The maximum absolute atomic E-state index is 11.7. The molecule has 4 amide bonds. The van der Waals surface area contributed by atoms with Crippen LogP contribution in [-0.2, 0) is 9.59 Å². The van der Waals surface area contributed by atoms with Crippen molar-refractivity contribution >= 4 is 17.8 Å². The summed E-state index contributed by atoms with van der Waals surface area (Å²) in [6.07, 6.45) is 1.28. The summed E-state index contributed by atoms with van der Waals surface area (Å²) in [5.74, 6) is -4.07. The van der Waals surface area contributed by atoms with Crippen LogP contribution in [-0.4, -0.2) is 29.3 Å². The molecule has 19 heavy (non-hydrogen) atoms. The van der Waals surface area contributed by atoms with E-state index < -0.39 is 41.1 Å². The average Bonchev–Trinajstić information content (AvgIpc) is 2.78. The molecule has 0 spiro atoms. The molecule has 1 atom stereocenters. The number of rotatable bonds is 4. The SMILES string of the molecule is O=C1NC(=O)C(C(C[N+](=O)[O-])c2ccco2)C(=O)N1. The molecule has 0 bridgehead atoms. The Bertz CT molecular complexity index is 517. The zero-order valence-corrected chi connectivity index (χ0v) is 9.49. The molecule has 2 N–H and O–H groups in total. The van der Waals surface area contributed by atoms with Gasteiger partial charge in [-0.05, 0) is 12.1 Å². The van der Waals surface area contributed by atoms with Crippen LogP contribution < -0.4 is 10.6 Å². The lowest BCUT2D eigenvalue weighted by Crippen LogP contribution is -2.57. The number of urea groups is 1. The highest BCUT2D eigenvalue weighted by atomic mass is 16.6. The number of carbonyl (C=O) groups excluding carboxylic acids is 3. The fourth-order valence-corrected chi connectivity index (χ4v) is 1.92. The van der Waals surface area contributed by atoms with Crippen LogP contribution in [0, 0.1) is 16.0 Å². The number of amides is 4. The lowest BCUT2D eigenvalue weighted by Gasteiger charge is -2.24. The van der Waals surface area contributed by atoms with Crippen molar-refractivity contribution in [2.75, 3.05) is 6.54 Å². The van der Waals surface area contributed by atoms with E-state index in [1.54, 1.807) is 0 Å². The molecule has 1 aliphatic heterocycles. The van der Waals surface area contributed by atoms with Crippen LogP contribution in [0.15, 0.2) is 22.8 Å². The van der Waals surface area contributed by atoms with Crippen molar-refractivity contribution < 1.29 is 23.7 Å². The topological polar surface area (TPSA) is 132 Å². The Labute approximate surface area is 106 Å². The molecule has 0 radical (unpaired) electrons. The summed E-state index contributed by atoms with van der Waals surface area (Å²) in [4.78, 5) is 44.3. The normalized spacial score (nSPS) is 17.8. The molecule has 1 aromatic heterocycles. The van der Waals surface area contributed by atoms with Gasteiger partial charge in [0, 0.05) is 4.92 Å². The molecular weight excluding hydrogens is 258 g/mol. The number of furan rings is 1. The number of nitro groups is 1. The molecule has 1 aromatic rings. The van der Waals surface area contributed by atoms with Gasteiger partial charge in [0.2, 0.25) is 18.4 Å². The number of carbonyl (C=O) groups is 3. The maximum atomic E-state index is 11.7. The van der Waals surface area contributed by atoms with Crippen LogP contribution >= 0.6 is 0 Å². The number of hydrogen-bond donors (Lipinski definition) is 2. The second-order valence-electron chi connectivity index (χ2n) is 3.92. The van der Waals surface area contributed by atoms with E-state index in [1.807, 2.05) is 10.6 Å². The number of nitrogens with zero attached hydrogens (tertiary/aromatic N) is 1. The molecule has 1 saturated heterocycles. The molecule has 0 aromatic carbocycles. The van der Waals surface area contributed by atoms with Crippen LogP contribution in [0.5, 0.6) is 0 Å². The van der Waals surface area contributed by atoms with E-state index in [0.717, 1.165) is 0 Å². The van der Waals surface area contributed by atoms with Crippen molar-refractivity contribution in [1.82, 2.24) is 10.6 Å². The molecule has 1 unspecified atom stereocenters. The van der Waals surface area contributed by atoms with E-state index in [-0.39, 0.29) is 5.76 Å². The number of nitrogens with one attached hydrogen (secondary N) is 2. The molecule has 100 valence electrons. The molecule has 9 nitrogen and oxygen atoms in total. The summed E-state index contributed by atoms with van der Waals surface area (Å²) < 4.78 is 5.02. The highest BCUT2D eigenvalue weighted by Crippen LogP contribution is 2.27. The molecule has 2 heterocycles. The van der Waals surface area contributed by atoms with Crippen molar-refractivity contribution in [2.24, 2.45) is 5.92 Å². The second kappa shape index (κ2) is 4.88. The summed E-state index contributed by atoms with van der Waals surface area (Å²) in [6, 6.07) is 1.99. The minimum atomic E-state index is -1.38. The highest BCUT2D eigenvalue weighted by molar-refractivity contribution is 6.16. The second-order valence-corrected chi connectivity index (χ2v) is 3.92. The van der Waals surface area contributed by atoms with Crippen molar-refractivity contribution in [1.29, 1.82) is 0 Å². The molecule has 0 saturated carbocycles. The van der Waals surface area contributed by atoms with Gasteiger partial charge in [0.25, 0.3) is 0 Å². The van der Waals surface area contributed by atoms with E-state index in [1.165, 1.54) is 18.4 Å². The van der Waals surface area contributed by atoms with Crippen molar-refractivity contribution in [3.63, 3.8) is 0 Å². The molecule has 1 aliphatic rings. The van der Waals surface area contributed by atoms with E-state index in [9.17, 15) is 24.5 Å². The van der Waals surface area contributed by atoms with Gasteiger partial charge in [-0.15, -0.1) is 0 Å². The molecule has 2 rings (SSSR count). The first kappa shape index (κ1) is 12.7. The van der Waals surface area contributed by atoms with Gasteiger partial charge in [-0.1, -0.05) is 0 Å². The van der Waals surface area contributed by atoms with Crippen LogP contribution in [0.3, 0.4) is 0 Å². The van der Waals surface area contributed by atoms with Crippen LogP contribution in [0.2, 0.25) is 0 Å². The third kappa shape index (κ3) is 2.59. The van der Waals surface area contributed by atoms with E-state index in [4.69, 9.17) is 4.42 Å². The smallest absolute Gasteiger partial charge is 0.328 e. The largest absolute Gasteiger partial charge is 0.469 e. The summed E-state index contributed by atoms with van der Waals surface area (Å²) in [5, 5.41) is 14.5. The summed E-state index contributed by atoms with van der Waals surface area (Å²) in [6.45, 7) is -0.660. The van der Waals surface area contributed by atoms with Crippen LogP contribution in [0.25, 0.3) is 0 Å². The monoisotopic (exact) mass is 267 g/mol. The quantitative estimate of drug-likeness (QED) is 0.434. The summed E-state index contributed by atoms with van der Waals surface area (Å²) >= 11 is 0. The fourth-order valence-electron chi connectivity index (χ4n) is 1.92. The van der Waals surface area contributed by atoms with Gasteiger partial charge < -0.3 is 4.42 Å². The fraction of sp³-hybridized carbons (Fsp3) is 0.300. The lowest BCUT2D eigenvalue weighted by atomic mass is 9.87. The number of barbiturate groups is 1. The Balaban J connectivity index is 2.32. The van der Waals surface area contributed by atoms with Crippen LogP contribution in [0.4, 0.5) is 4.79 Å². The van der Waals surface area contributed by atoms with Gasteiger partial charge in [-0.3, -0.25) is 30.3 Å². The van der Waals surface area contributed by atoms with Gasteiger partial charge in [-0.2, -0.15) is 0 Å². The first-order valence-electron chi connectivity index (χ1n) is 5.30. The number of hydrogen-bond acceptors (Lipinski definition) is 6. The van der Waals surface area contributed by atoms with Gasteiger partial charge in [-0.25, -0.2) is 4.79 Å². The number of imide groups is 2. The van der Waals surface area contributed by atoms with Crippen molar-refractivity contribution in [3.05, 3.63) is 34.3 Å². The lowest BCUT2D eigenvalue weighted by molar-refractivity contribution is -0.484. The standard InChI is InChI=1S/C10H9N3O6/c14-8-7(9(15)12-10(16)11-8)5(4-13(17)18)6-2-1-3-19-6/h1-3,5,7H,4H2,(H2,11,12,14,15,16). The average molecular weight is 267 g/mol. The molecule has 9 heteroatoms. The van der Waals surface area contributed by atoms with Gasteiger partial charge in [0.15, 0.2) is 0 Å². The predicted octanol–water partition coefficient (Wildman–Crippen LogP) is -0.378. The van der Waals surface area contributed by atoms with Crippen molar-refractivity contribution in [3.8, 4) is 0 Å². The molecular formula is C10H9N3O6. The Morgan fingerprint density at radius 1 is 1.32 bits per heavy atom. The minimum absolute atomic E-state index is 0.140. The van der Waals surface area contributed by atoms with Gasteiger partial charge in [0.05, 0.1) is 6.26 Å². The maximum Gasteiger partial charge on any atom is 0.328 e. The first-order valence-corrected chi connectivity index (χ1v) is 5.30. The molecule has 1 fully saturated rings. The van der Waals surface area contributed by atoms with Gasteiger partial charge >= 0.3 is 6.03 Å². The predicted molar refractivity (Wildman–Crippen MR) is 58.5 cm³/mol. The van der Waals surface area contributed by atoms with E-state index >= 15 is 0 Å². The first-order chi connectivity index (χ1) is 8.99. The van der Waals surface area contributed by atoms with E-state index in [0.29, 0.717) is 0 Å².